The highest BCUT2D eigenvalue weighted by molar-refractivity contribution is 7.18. The molecule has 1 aromatic rings. The summed E-state index contributed by atoms with van der Waals surface area (Å²) in [6.07, 6.45) is 0. The van der Waals surface area contributed by atoms with E-state index in [1.165, 1.54) is 11.3 Å². The van der Waals surface area contributed by atoms with E-state index in [2.05, 4.69) is 10.3 Å². The molecule has 2 rings (SSSR count). The van der Waals surface area contributed by atoms with Gasteiger partial charge in [-0.3, -0.25) is 4.79 Å². The zero-order chi connectivity index (χ0) is 15.6. The van der Waals surface area contributed by atoms with Crippen molar-refractivity contribution in [3.8, 4) is 0 Å². The second kappa shape index (κ2) is 6.17. The molecule has 1 fully saturated rings. The summed E-state index contributed by atoms with van der Waals surface area (Å²) >= 11 is 1.24. The smallest absolute Gasteiger partial charge is 0.268 e. The normalized spacial score (nSPS) is 19.6. The fourth-order valence-electron chi connectivity index (χ4n) is 2.06. The van der Waals surface area contributed by atoms with Gasteiger partial charge in [-0.15, -0.1) is 0 Å². The molecule has 4 N–H and O–H groups in total. The summed E-state index contributed by atoms with van der Waals surface area (Å²) in [6.45, 7) is 7.16. The number of nitrogen functional groups attached to an aromatic ring is 1. The van der Waals surface area contributed by atoms with Crippen LogP contribution in [0.1, 0.15) is 30.4 Å². The Morgan fingerprint density at radius 2 is 2.33 bits per heavy atom. The molecule has 0 bridgehead atoms. The van der Waals surface area contributed by atoms with Gasteiger partial charge in [0, 0.05) is 12.1 Å². The van der Waals surface area contributed by atoms with Gasteiger partial charge in [-0.25, -0.2) is 4.98 Å². The topological polar surface area (TPSA) is 101 Å². The van der Waals surface area contributed by atoms with Crippen LogP contribution in [0.4, 0.5) is 10.9 Å². The Kier molecular flexibility index (Phi) is 4.70. The minimum Gasteiger partial charge on any atom is -0.394 e. The van der Waals surface area contributed by atoms with E-state index in [1.54, 1.807) is 4.90 Å². The van der Waals surface area contributed by atoms with Gasteiger partial charge in [0.2, 0.25) is 0 Å². The van der Waals surface area contributed by atoms with Gasteiger partial charge in [-0.2, -0.15) is 0 Å². The van der Waals surface area contributed by atoms with Gasteiger partial charge in [0.15, 0.2) is 5.13 Å². The number of rotatable bonds is 3. The number of aliphatic hydroxyl groups is 1. The van der Waals surface area contributed by atoms with Crippen LogP contribution >= 0.6 is 11.3 Å². The zero-order valence-electron chi connectivity index (χ0n) is 12.5. The van der Waals surface area contributed by atoms with Crippen molar-refractivity contribution in [2.24, 2.45) is 0 Å². The number of amides is 1. The summed E-state index contributed by atoms with van der Waals surface area (Å²) < 4.78 is 5.28. The van der Waals surface area contributed by atoms with Crippen LogP contribution in [0.3, 0.4) is 0 Å². The molecule has 7 nitrogen and oxygen atoms in total. The fourth-order valence-corrected chi connectivity index (χ4v) is 3.11. The lowest BCUT2D eigenvalue weighted by Crippen LogP contribution is -2.50. The van der Waals surface area contributed by atoms with Crippen LogP contribution in [0.15, 0.2) is 0 Å². The van der Waals surface area contributed by atoms with E-state index in [4.69, 9.17) is 10.5 Å². The molecule has 1 aliphatic rings. The maximum absolute atomic E-state index is 12.6. The molecule has 1 unspecified atom stereocenters. The average Bonchev–Trinajstić information content (AvgIpc) is 2.76. The summed E-state index contributed by atoms with van der Waals surface area (Å²) in [6, 6.07) is -0.327. The third-order valence-electron chi connectivity index (χ3n) is 3.03. The van der Waals surface area contributed by atoms with Gasteiger partial charge in [0.1, 0.15) is 10.7 Å². The van der Waals surface area contributed by atoms with Crippen LogP contribution in [-0.4, -0.2) is 58.8 Å². The Hall–Kier alpha value is -1.38. The predicted molar refractivity (Wildman–Crippen MR) is 82.6 cm³/mol. The van der Waals surface area contributed by atoms with Crippen molar-refractivity contribution in [3.63, 3.8) is 0 Å². The molecule has 0 aromatic carbocycles. The van der Waals surface area contributed by atoms with Gasteiger partial charge in [-0.1, -0.05) is 11.3 Å². The van der Waals surface area contributed by atoms with Crippen molar-refractivity contribution >= 4 is 28.2 Å². The maximum atomic E-state index is 12.6. The first-order valence-electron chi connectivity index (χ1n) is 6.86. The number of hydrogen-bond acceptors (Lipinski definition) is 7. The number of ether oxygens (including phenoxy) is 1. The lowest BCUT2D eigenvalue weighted by molar-refractivity contribution is -0.0181. The summed E-state index contributed by atoms with van der Waals surface area (Å²) in [7, 11) is 0. The van der Waals surface area contributed by atoms with Crippen molar-refractivity contribution in [1.29, 1.82) is 0 Å². The standard InChI is InChI=1S/C13H22N4O3S/c1-13(2,3)16-12-15-10(14)9(21-12)11(19)17-4-5-20-7-8(17)6-18/h8,18H,4-7,14H2,1-3H3,(H,15,16). The monoisotopic (exact) mass is 314 g/mol. The maximum Gasteiger partial charge on any atom is 0.268 e. The molecule has 0 aliphatic carbocycles. The number of aliphatic hydroxyl groups excluding tert-OH is 1. The molecule has 118 valence electrons. The van der Waals surface area contributed by atoms with Crippen LogP contribution in [0.5, 0.6) is 0 Å². The van der Waals surface area contributed by atoms with E-state index in [0.29, 0.717) is 29.8 Å². The van der Waals surface area contributed by atoms with E-state index in [9.17, 15) is 9.90 Å². The molecule has 0 radical (unpaired) electrons. The first-order chi connectivity index (χ1) is 9.81. The Morgan fingerprint density at radius 3 is 2.95 bits per heavy atom. The highest BCUT2D eigenvalue weighted by Gasteiger charge is 2.30. The summed E-state index contributed by atoms with van der Waals surface area (Å²) in [5.41, 5.74) is 5.72. The third-order valence-corrected chi connectivity index (χ3v) is 4.00. The van der Waals surface area contributed by atoms with Crippen molar-refractivity contribution in [2.45, 2.75) is 32.4 Å². The lowest BCUT2D eigenvalue weighted by atomic mass is 10.1. The van der Waals surface area contributed by atoms with Gasteiger partial charge >= 0.3 is 0 Å². The van der Waals surface area contributed by atoms with Crippen molar-refractivity contribution in [1.82, 2.24) is 9.88 Å². The molecule has 21 heavy (non-hydrogen) atoms. The van der Waals surface area contributed by atoms with Crippen molar-refractivity contribution in [2.75, 3.05) is 37.4 Å². The number of nitrogens with two attached hydrogens (primary N) is 1. The molecule has 1 atom stereocenters. The third kappa shape index (κ3) is 3.84. The highest BCUT2D eigenvalue weighted by atomic mass is 32.1. The van der Waals surface area contributed by atoms with Crippen LogP contribution in [0.2, 0.25) is 0 Å². The van der Waals surface area contributed by atoms with Crippen molar-refractivity contribution < 1.29 is 14.6 Å². The second-order valence-corrected chi connectivity index (χ2v) is 7.02. The van der Waals surface area contributed by atoms with Crippen molar-refractivity contribution in [3.05, 3.63) is 4.88 Å². The average molecular weight is 314 g/mol. The second-order valence-electron chi connectivity index (χ2n) is 6.02. The molecule has 1 aliphatic heterocycles. The molecule has 1 amide bonds. The number of hydrogen-bond donors (Lipinski definition) is 3. The number of morpholine rings is 1. The fraction of sp³-hybridized carbons (Fsp3) is 0.692. The number of aromatic nitrogens is 1. The number of nitrogens with zero attached hydrogens (tertiary/aromatic N) is 2. The molecule has 1 aromatic heterocycles. The van der Waals surface area contributed by atoms with Crippen LogP contribution < -0.4 is 11.1 Å². The lowest BCUT2D eigenvalue weighted by Gasteiger charge is -2.34. The van der Waals surface area contributed by atoms with E-state index >= 15 is 0 Å². The summed E-state index contributed by atoms with van der Waals surface area (Å²) in [4.78, 5) is 18.8. The number of carbonyl (C=O) groups excluding carboxylic acids is 1. The summed E-state index contributed by atoms with van der Waals surface area (Å²) in [5.74, 6) is 0.0224. The number of carbonyl (C=O) groups is 1. The SMILES string of the molecule is CC(C)(C)Nc1nc(N)c(C(=O)N2CCOCC2CO)s1. The predicted octanol–water partition coefficient (Wildman–Crippen LogP) is 0.769. The van der Waals surface area contributed by atoms with Gasteiger partial charge in [0.05, 0.1) is 25.9 Å². The molecule has 0 saturated carbocycles. The molecule has 2 heterocycles. The number of thiazole rings is 1. The van der Waals surface area contributed by atoms with Gasteiger partial charge in [0.25, 0.3) is 5.91 Å². The zero-order valence-corrected chi connectivity index (χ0v) is 13.4. The van der Waals surface area contributed by atoms with E-state index in [-0.39, 0.29) is 29.9 Å². The Bertz CT molecular complexity index is 512. The minimum absolute atomic E-state index is 0.127. The first kappa shape index (κ1) is 16.0. The number of nitrogens with one attached hydrogen (secondary N) is 1. The van der Waals surface area contributed by atoms with E-state index in [1.807, 2.05) is 20.8 Å². The Morgan fingerprint density at radius 1 is 1.62 bits per heavy atom. The quantitative estimate of drug-likeness (QED) is 0.762. The summed E-state index contributed by atoms with van der Waals surface area (Å²) in [5, 5.41) is 13.2. The van der Waals surface area contributed by atoms with Gasteiger partial charge < -0.3 is 25.8 Å². The molecule has 1 saturated heterocycles. The molecular weight excluding hydrogens is 292 g/mol. The molecule has 8 heteroatoms. The van der Waals surface area contributed by atoms with E-state index < -0.39 is 0 Å². The molecular formula is C13H22N4O3S. The Balaban J connectivity index is 2.18. The van der Waals surface area contributed by atoms with Crippen LogP contribution in [-0.2, 0) is 4.74 Å². The highest BCUT2D eigenvalue weighted by Crippen LogP contribution is 2.29. The van der Waals surface area contributed by atoms with E-state index in [0.717, 1.165) is 0 Å². The Labute approximate surface area is 128 Å². The minimum atomic E-state index is -0.327. The largest absolute Gasteiger partial charge is 0.394 e. The van der Waals surface area contributed by atoms with Crippen LogP contribution in [0, 0.1) is 0 Å². The first-order valence-corrected chi connectivity index (χ1v) is 7.67. The number of anilines is 2. The molecule has 0 spiro atoms. The van der Waals surface area contributed by atoms with Crippen LogP contribution in [0.25, 0.3) is 0 Å². The van der Waals surface area contributed by atoms with Gasteiger partial charge in [-0.05, 0) is 20.8 Å².